The molecule has 0 radical (unpaired) electrons. The van der Waals surface area contributed by atoms with Crippen LogP contribution in [0.3, 0.4) is 0 Å². The molecule has 106 valence electrons. The van der Waals surface area contributed by atoms with Crippen LogP contribution in [0, 0.1) is 5.41 Å². The van der Waals surface area contributed by atoms with Crippen LogP contribution in [-0.2, 0) is 4.74 Å². The summed E-state index contributed by atoms with van der Waals surface area (Å²) in [6.07, 6.45) is 6.73. The van der Waals surface area contributed by atoms with E-state index in [-0.39, 0.29) is 5.78 Å². The van der Waals surface area contributed by atoms with Crippen molar-refractivity contribution >= 4 is 17.1 Å². The van der Waals surface area contributed by atoms with Crippen LogP contribution in [0.1, 0.15) is 62.0 Å². The molecule has 2 rings (SSSR count). The first-order valence-corrected chi connectivity index (χ1v) is 8.13. The van der Waals surface area contributed by atoms with Crippen molar-refractivity contribution in [3.8, 4) is 0 Å². The number of thiophene rings is 1. The van der Waals surface area contributed by atoms with E-state index in [1.807, 2.05) is 17.5 Å². The fourth-order valence-electron chi connectivity index (χ4n) is 2.58. The molecule has 1 aromatic rings. The second kappa shape index (κ2) is 6.67. The van der Waals surface area contributed by atoms with Gasteiger partial charge in [0.25, 0.3) is 0 Å². The molecule has 2 nitrogen and oxygen atoms in total. The largest absolute Gasteiger partial charge is 0.378 e. The maximum atomic E-state index is 11.8. The Hall–Kier alpha value is -0.670. The van der Waals surface area contributed by atoms with Gasteiger partial charge in [0.1, 0.15) is 0 Å². The summed E-state index contributed by atoms with van der Waals surface area (Å²) >= 11 is 1.53. The first-order valence-electron chi connectivity index (χ1n) is 7.25. The maximum Gasteiger partial charge on any atom is 0.172 e. The van der Waals surface area contributed by atoms with E-state index in [0.29, 0.717) is 17.9 Å². The maximum absolute atomic E-state index is 11.8. The summed E-state index contributed by atoms with van der Waals surface area (Å²) in [4.78, 5) is 12.7. The standard InChI is InChI=1S/C16H24O2S/c1-16(2)9-7-13(8-10-16)18-11-3-5-14(17)15-6-4-12-19-15/h4,6,12-13H,3,5,7-11H2,1-2H3. The molecule has 0 saturated heterocycles. The minimum atomic E-state index is 0.253. The normalized spacial score (nSPS) is 19.5. The van der Waals surface area contributed by atoms with Gasteiger partial charge >= 0.3 is 0 Å². The molecule has 19 heavy (non-hydrogen) atoms. The molecular formula is C16H24O2S. The van der Waals surface area contributed by atoms with Crippen molar-refractivity contribution in [1.82, 2.24) is 0 Å². The van der Waals surface area contributed by atoms with E-state index in [2.05, 4.69) is 13.8 Å². The third kappa shape index (κ3) is 4.73. The van der Waals surface area contributed by atoms with Crippen LogP contribution in [0.2, 0.25) is 0 Å². The number of ketones is 1. The van der Waals surface area contributed by atoms with E-state index in [1.165, 1.54) is 37.0 Å². The van der Waals surface area contributed by atoms with Crippen molar-refractivity contribution in [2.24, 2.45) is 5.41 Å². The smallest absolute Gasteiger partial charge is 0.172 e. The van der Waals surface area contributed by atoms with Gasteiger partial charge in [0.2, 0.25) is 0 Å². The van der Waals surface area contributed by atoms with Crippen LogP contribution in [0.5, 0.6) is 0 Å². The van der Waals surface area contributed by atoms with Crippen molar-refractivity contribution < 1.29 is 9.53 Å². The lowest BCUT2D eigenvalue weighted by Crippen LogP contribution is -2.26. The van der Waals surface area contributed by atoms with E-state index in [0.717, 1.165) is 17.9 Å². The molecule has 1 aromatic heterocycles. The van der Waals surface area contributed by atoms with E-state index in [9.17, 15) is 4.79 Å². The number of Topliss-reactive ketones (excluding diaryl/α,β-unsaturated/α-hetero) is 1. The fourth-order valence-corrected chi connectivity index (χ4v) is 3.28. The van der Waals surface area contributed by atoms with Crippen molar-refractivity contribution in [2.75, 3.05) is 6.61 Å². The zero-order chi connectivity index (χ0) is 13.7. The molecule has 0 aliphatic heterocycles. The third-order valence-corrected chi connectivity index (χ3v) is 4.89. The Morgan fingerprint density at radius 1 is 1.42 bits per heavy atom. The molecule has 1 aliphatic carbocycles. The van der Waals surface area contributed by atoms with Crippen molar-refractivity contribution in [3.63, 3.8) is 0 Å². The van der Waals surface area contributed by atoms with Crippen molar-refractivity contribution in [1.29, 1.82) is 0 Å². The number of carbonyl (C=O) groups is 1. The molecule has 0 unspecified atom stereocenters. The van der Waals surface area contributed by atoms with Crippen LogP contribution in [0.25, 0.3) is 0 Å². The summed E-state index contributed by atoms with van der Waals surface area (Å²) in [6, 6.07) is 3.83. The average Bonchev–Trinajstić information content (AvgIpc) is 2.90. The zero-order valence-corrected chi connectivity index (χ0v) is 12.8. The quantitative estimate of drug-likeness (QED) is 0.558. The highest BCUT2D eigenvalue weighted by Gasteiger charge is 2.26. The Labute approximate surface area is 120 Å². The van der Waals surface area contributed by atoms with E-state index in [4.69, 9.17) is 4.74 Å². The molecule has 0 spiro atoms. The van der Waals surface area contributed by atoms with Gasteiger partial charge < -0.3 is 4.74 Å². The van der Waals surface area contributed by atoms with Gasteiger partial charge in [-0.1, -0.05) is 19.9 Å². The van der Waals surface area contributed by atoms with Crippen LogP contribution >= 0.6 is 11.3 Å². The minimum Gasteiger partial charge on any atom is -0.378 e. The van der Waals surface area contributed by atoms with Gasteiger partial charge in [-0.2, -0.15) is 0 Å². The zero-order valence-electron chi connectivity index (χ0n) is 12.0. The summed E-state index contributed by atoms with van der Waals surface area (Å²) in [6.45, 7) is 5.40. The SMILES string of the molecule is CC1(C)CCC(OCCCC(=O)c2cccs2)CC1. The lowest BCUT2D eigenvalue weighted by molar-refractivity contribution is 0.00312. The van der Waals surface area contributed by atoms with Gasteiger partial charge in [-0.25, -0.2) is 0 Å². The van der Waals surface area contributed by atoms with Crippen LogP contribution < -0.4 is 0 Å². The van der Waals surface area contributed by atoms with Gasteiger partial charge in [-0.05, 0) is 49.0 Å². The predicted octanol–water partition coefficient (Wildman–Crippen LogP) is 4.70. The molecule has 1 fully saturated rings. The van der Waals surface area contributed by atoms with E-state index in [1.54, 1.807) is 0 Å². The molecule has 0 amide bonds. The van der Waals surface area contributed by atoms with E-state index < -0.39 is 0 Å². The molecule has 0 aromatic carbocycles. The molecular weight excluding hydrogens is 256 g/mol. The minimum absolute atomic E-state index is 0.253. The number of carbonyl (C=O) groups excluding carboxylic acids is 1. The lowest BCUT2D eigenvalue weighted by Gasteiger charge is -2.34. The highest BCUT2D eigenvalue weighted by Crippen LogP contribution is 2.36. The summed E-state index contributed by atoms with van der Waals surface area (Å²) in [5, 5.41) is 1.95. The molecule has 3 heteroatoms. The van der Waals surface area contributed by atoms with Gasteiger partial charge in [0.15, 0.2) is 5.78 Å². The van der Waals surface area contributed by atoms with Gasteiger partial charge in [-0.3, -0.25) is 4.79 Å². The van der Waals surface area contributed by atoms with Crippen molar-refractivity contribution in [2.45, 2.75) is 58.5 Å². The third-order valence-electron chi connectivity index (χ3n) is 3.98. The first kappa shape index (κ1) is 14.7. The number of hydrogen-bond donors (Lipinski definition) is 0. The Bertz CT molecular complexity index is 385. The average molecular weight is 280 g/mol. The second-order valence-corrected chi connectivity index (χ2v) is 7.19. The molecule has 1 aliphatic rings. The summed E-state index contributed by atoms with van der Waals surface area (Å²) < 4.78 is 5.90. The highest BCUT2D eigenvalue weighted by atomic mass is 32.1. The van der Waals surface area contributed by atoms with Crippen molar-refractivity contribution in [3.05, 3.63) is 22.4 Å². The summed E-state index contributed by atoms with van der Waals surface area (Å²) in [5.41, 5.74) is 0.495. The van der Waals surface area contributed by atoms with Crippen LogP contribution in [0.15, 0.2) is 17.5 Å². The summed E-state index contributed by atoms with van der Waals surface area (Å²) in [7, 11) is 0. The first-order chi connectivity index (χ1) is 9.07. The monoisotopic (exact) mass is 280 g/mol. The summed E-state index contributed by atoms with van der Waals surface area (Å²) in [5.74, 6) is 0.253. The molecule has 0 bridgehead atoms. The molecule has 1 saturated carbocycles. The van der Waals surface area contributed by atoms with Crippen LogP contribution in [-0.4, -0.2) is 18.5 Å². The fraction of sp³-hybridized carbons (Fsp3) is 0.688. The number of hydrogen-bond acceptors (Lipinski definition) is 3. The van der Waals surface area contributed by atoms with Crippen LogP contribution in [0.4, 0.5) is 0 Å². The van der Waals surface area contributed by atoms with Gasteiger partial charge in [0, 0.05) is 13.0 Å². The molecule has 0 N–H and O–H groups in total. The number of rotatable bonds is 6. The molecule has 0 atom stereocenters. The van der Waals surface area contributed by atoms with Gasteiger partial charge in [0.05, 0.1) is 11.0 Å². The lowest BCUT2D eigenvalue weighted by atomic mass is 9.76. The number of ether oxygens (including phenoxy) is 1. The highest BCUT2D eigenvalue weighted by molar-refractivity contribution is 7.12. The van der Waals surface area contributed by atoms with E-state index >= 15 is 0 Å². The molecule has 1 heterocycles. The predicted molar refractivity (Wildman–Crippen MR) is 79.9 cm³/mol. The Morgan fingerprint density at radius 2 is 2.16 bits per heavy atom. The topological polar surface area (TPSA) is 26.3 Å². The second-order valence-electron chi connectivity index (χ2n) is 6.24. The Morgan fingerprint density at radius 3 is 2.79 bits per heavy atom. The van der Waals surface area contributed by atoms with Gasteiger partial charge in [-0.15, -0.1) is 11.3 Å². The Kier molecular flexibility index (Phi) is 5.17. The Balaban J connectivity index is 1.59.